The Bertz CT molecular complexity index is 588. The van der Waals surface area contributed by atoms with Gasteiger partial charge in [-0.3, -0.25) is 4.79 Å². The number of hydrogen-bond acceptors (Lipinski definition) is 3. The zero-order valence-electron chi connectivity index (χ0n) is 12.5. The summed E-state index contributed by atoms with van der Waals surface area (Å²) in [6.45, 7) is 4.61. The minimum absolute atomic E-state index is 0.176. The smallest absolute Gasteiger partial charge is 0.251 e. The first kappa shape index (κ1) is 17.6. The van der Waals surface area contributed by atoms with Crippen LogP contribution in [0.3, 0.4) is 0 Å². The zero-order valence-corrected chi connectivity index (χ0v) is 13.3. The molecule has 1 amide bonds. The van der Waals surface area contributed by atoms with Gasteiger partial charge in [-0.05, 0) is 24.1 Å². The third-order valence-corrected chi connectivity index (χ3v) is 4.04. The normalized spacial score (nSPS) is 11.9. The maximum atomic E-state index is 13.0. The Balaban J connectivity index is 2.56. The monoisotopic (exact) mass is 316 g/mol. The number of sulfonamides is 1. The Kier molecular flexibility index (Phi) is 6.29. The summed E-state index contributed by atoms with van der Waals surface area (Å²) in [5.41, 5.74) is 0.213. The average molecular weight is 316 g/mol. The molecule has 0 saturated carbocycles. The van der Waals surface area contributed by atoms with E-state index in [0.717, 1.165) is 12.3 Å². The highest BCUT2D eigenvalue weighted by Crippen LogP contribution is 2.05. The maximum absolute atomic E-state index is 13.0. The second kappa shape index (κ2) is 7.51. The van der Waals surface area contributed by atoms with E-state index < -0.39 is 21.7 Å². The Morgan fingerprint density at radius 3 is 2.57 bits per heavy atom. The number of hydrogen-bond donors (Lipinski definition) is 1. The van der Waals surface area contributed by atoms with E-state index in [1.54, 1.807) is 0 Å². The van der Waals surface area contributed by atoms with Gasteiger partial charge in [0.2, 0.25) is 10.0 Å². The summed E-state index contributed by atoms with van der Waals surface area (Å²) in [5.74, 6) is -0.716. The molecule has 0 radical (unpaired) electrons. The zero-order chi connectivity index (χ0) is 16.0. The van der Waals surface area contributed by atoms with E-state index in [4.69, 9.17) is 0 Å². The van der Waals surface area contributed by atoms with Crippen molar-refractivity contribution in [3.63, 3.8) is 0 Å². The van der Waals surface area contributed by atoms with Gasteiger partial charge in [-0.25, -0.2) is 17.1 Å². The maximum Gasteiger partial charge on any atom is 0.251 e. The first-order valence-corrected chi connectivity index (χ1v) is 8.54. The van der Waals surface area contributed by atoms with Gasteiger partial charge < -0.3 is 5.32 Å². The third kappa shape index (κ3) is 6.22. The van der Waals surface area contributed by atoms with Gasteiger partial charge in [0.25, 0.3) is 5.91 Å². The molecule has 0 aliphatic carbocycles. The standard InChI is InChI=1S/C14H21FN2O3S/c1-11(2)10-17(21(3,19)20)8-7-16-14(18)12-5-4-6-13(15)9-12/h4-6,9,11H,7-8,10H2,1-3H3,(H,16,18). The van der Waals surface area contributed by atoms with Crippen molar-refractivity contribution in [2.75, 3.05) is 25.9 Å². The lowest BCUT2D eigenvalue weighted by Crippen LogP contribution is -2.39. The van der Waals surface area contributed by atoms with Gasteiger partial charge in [-0.15, -0.1) is 0 Å². The van der Waals surface area contributed by atoms with Crippen LogP contribution in [0.1, 0.15) is 24.2 Å². The number of amides is 1. The van der Waals surface area contributed by atoms with Crippen LogP contribution >= 0.6 is 0 Å². The fraction of sp³-hybridized carbons (Fsp3) is 0.500. The van der Waals surface area contributed by atoms with Crippen LogP contribution in [0.2, 0.25) is 0 Å². The highest BCUT2D eigenvalue weighted by molar-refractivity contribution is 7.88. The van der Waals surface area contributed by atoms with Crippen molar-refractivity contribution in [3.05, 3.63) is 35.6 Å². The highest BCUT2D eigenvalue weighted by atomic mass is 32.2. The van der Waals surface area contributed by atoms with Crippen molar-refractivity contribution >= 4 is 15.9 Å². The van der Waals surface area contributed by atoms with Crippen molar-refractivity contribution in [3.8, 4) is 0 Å². The summed E-state index contributed by atoms with van der Waals surface area (Å²) >= 11 is 0. The van der Waals surface area contributed by atoms with Crippen LogP contribution in [-0.2, 0) is 10.0 Å². The van der Waals surface area contributed by atoms with E-state index in [9.17, 15) is 17.6 Å². The Hall–Kier alpha value is -1.47. The average Bonchev–Trinajstić information content (AvgIpc) is 2.35. The van der Waals surface area contributed by atoms with Crippen LogP contribution in [0.25, 0.3) is 0 Å². The second-order valence-electron chi connectivity index (χ2n) is 5.28. The van der Waals surface area contributed by atoms with Crippen molar-refractivity contribution < 1.29 is 17.6 Å². The van der Waals surface area contributed by atoms with E-state index in [1.165, 1.54) is 22.5 Å². The van der Waals surface area contributed by atoms with Crippen LogP contribution in [0.15, 0.2) is 24.3 Å². The number of nitrogens with zero attached hydrogens (tertiary/aromatic N) is 1. The first-order valence-electron chi connectivity index (χ1n) is 6.69. The summed E-state index contributed by atoms with van der Waals surface area (Å²) in [6.07, 6.45) is 1.14. The lowest BCUT2D eigenvalue weighted by Gasteiger charge is -2.22. The number of nitrogens with one attached hydrogen (secondary N) is 1. The molecule has 0 aromatic heterocycles. The Morgan fingerprint density at radius 1 is 1.38 bits per heavy atom. The predicted molar refractivity (Wildman–Crippen MR) is 80.0 cm³/mol. The quantitative estimate of drug-likeness (QED) is 0.828. The molecule has 0 bridgehead atoms. The fourth-order valence-corrected chi connectivity index (χ4v) is 2.82. The molecular formula is C14H21FN2O3S. The molecule has 0 aliphatic heterocycles. The molecule has 0 aliphatic rings. The number of halogens is 1. The highest BCUT2D eigenvalue weighted by Gasteiger charge is 2.17. The van der Waals surface area contributed by atoms with Crippen molar-refractivity contribution in [1.82, 2.24) is 9.62 Å². The van der Waals surface area contributed by atoms with Gasteiger partial charge >= 0.3 is 0 Å². The van der Waals surface area contributed by atoms with Crippen molar-refractivity contribution in [2.45, 2.75) is 13.8 Å². The molecule has 0 unspecified atom stereocenters. The summed E-state index contributed by atoms with van der Waals surface area (Å²) < 4.78 is 37.6. The topological polar surface area (TPSA) is 66.5 Å². The van der Waals surface area contributed by atoms with Crippen LogP contribution in [0.4, 0.5) is 4.39 Å². The van der Waals surface area contributed by atoms with E-state index in [1.807, 2.05) is 13.8 Å². The molecule has 1 aromatic rings. The molecule has 5 nitrogen and oxygen atoms in total. The first-order chi connectivity index (χ1) is 9.70. The fourth-order valence-electron chi connectivity index (χ4n) is 1.83. The molecular weight excluding hydrogens is 295 g/mol. The largest absolute Gasteiger partial charge is 0.351 e. The molecule has 0 atom stereocenters. The van der Waals surface area contributed by atoms with Gasteiger partial charge in [-0.1, -0.05) is 19.9 Å². The van der Waals surface area contributed by atoms with Crippen LogP contribution in [0.5, 0.6) is 0 Å². The van der Waals surface area contributed by atoms with Crippen molar-refractivity contribution in [1.29, 1.82) is 0 Å². The molecule has 0 heterocycles. The number of rotatable bonds is 7. The Labute approximate surface area is 125 Å². The van der Waals surface area contributed by atoms with Crippen LogP contribution in [-0.4, -0.2) is 44.5 Å². The molecule has 7 heteroatoms. The molecule has 21 heavy (non-hydrogen) atoms. The van der Waals surface area contributed by atoms with E-state index in [-0.39, 0.29) is 24.6 Å². The van der Waals surface area contributed by atoms with E-state index in [0.29, 0.717) is 6.54 Å². The van der Waals surface area contributed by atoms with Gasteiger partial charge in [-0.2, -0.15) is 0 Å². The lowest BCUT2D eigenvalue weighted by molar-refractivity contribution is 0.0951. The van der Waals surface area contributed by atoms with Gasteiger partial charge in [0.15, 0.2) is 0 Å². The van der Waals surface area contributed by atoms with Gasteiger partial charge in [0.1, 0.15) is 5.82 Å². The van der Waals surface area contributed by atoms with Crippen LogP contribution < -0.4 is 5.32 Å². The molecule has 1 rings (SSSR count). The minimum Gasteiger partial charge on any atom is -0.351 e. The number of benzene rings is 1. The third-order valence-electron chi connectivity index (χ3n) is 2.77. The second-order valence-corrected chi connectivity index (χ2v) is 7.26. The Morgan fingerprint density at radius 2 is 2.05 bits per heavy atom. The van der Waals surface area contributed by atoms with E-state index >= 15 is 0 Å². The summed E-state index contributed by atoms with van der Waals surface area (Å²) in [7, 11) is -3.31. The van der Waals surface area contributed by atoms with Gasteiger partial charge in [0.05, 0.1) is 6.26 Å². The predicted octanol–water partition coefficient (Wildman–Crippen LogP) is 1.47. The van der Waals surface area contributed by atoms with Gasteiger partial charge in [0, 0.05) is 25.2 Å². The molecule has 0 fully saturated rings. The number of carbonyl (C=O) groups is 1. The summed E-state index contributed by atoms with van der Waals surface area (Å²) in [4.78, 5) is 11.8. The van der Waals surface area contributed by atoms with E-state index in [2.05, 4.69) is 5.32 Å². The summed E-state index contributed by atoms with van der Waals surface area (Å²) in [6, 6.07) is 5.34. The van der Waals surface area contributed by atoms with Crippen LogP contribution in [0, 0.1) is 11.7 Å². The van der Waals surface area contributed by atoms with Crippen molar-refractivity contribution in [2.24, 2.45) is 5.92 Å². The summed E-state index contributed by atoms with van der Waals surface area (Å²) in [5, 5.41) is 2.59. The number of carbonyl (C=O) groups excluding carboxylic acids is 1. The molecule has 1 N–H and O–H groups in total. The molecule has 118 valence electrons. The molecule has 0 spiro atoms. The molecule has 0 saturated heterocycles. The minimum atomic E-state index is -3.31. The SMILES string of the molecule is CC(C)CN(CCNC(=O)c1cccc(F)c1)S(C)(=O)=O. The molecule has 1 aromatic carbocycles. The lowest BCUT2D eigenvalue weighted by atomic mass is 10.2.